The van der Waals surface area contributed by atoms with Gasteiger partial charge in [-0.05, 0) is 78.8 Å². The first-order valence-corrected chi connectivity index (χ1v) is 27.7. The van der Waals surface area contributed by atoms with Crippen LogP contribution in [0.25, 0.3) is 0 Å². The number of likely N-dealkylation sites (tertiary alicyclic amines) is 3. The predicted molar refractivity (Wildman–Crippen MR) is 291 cm³/mol. The van der Waals surface area contributed by atoms with Crippen molar-refractivity contribution in [2.75, 3.05) is 85.6 Å². The quantitative estimate of drug-likeness (QED) is 0.243. The summed E-state index contributed by atoms with van der Waals surface area (Å²) in [6.45, 7) is 37.0. The Morgan fingerprint density at radius 3 is 1.24 bits per heavy atom. The van der Waals surface area contributed by atoms with Gasteiger partial charge in [0.15, 0.2) is 0 Å². The Morgan fingerprint density at radius 1 is 0.520 bits per heavy atom. The van der Waals surface area contributed by atoms with Gasteiger partial charge >= 0.3 is 17.9 Å². The van der Waals surface area contributed by atoms with Crippen molar-refractivity contribution in [3.63, 3.8) is 0 Å². The zero-order valence-electron chi connectivity index (χ0n) is 48.6. The number of hydrogen-bond donors (Lipinski definition) is 1. The van der Waals surface area contributed by atoms with E-state index in [-0.39, 0.29) is 77.2 Å². The lowest BCUT2D eigenvalue weighted by atomic mass is 10.1. The third-order valence-electron chi connectivity index (χ3n) is 13.3. The largest absolute Gasteiger partial charge is 0.480 e. The number of amides is 5. The number of esters is 2. The van der Waals surface area contributed by atoms with Gasteiger partial charge < -0.3 is 44.0 Å². The molecule has 0 bridgehead atoms. The monoisotopic (exact) mass is 1060 g/mol. The van der Waals surface area contributed by atoms with Crippen molar-refractivity contribution in [3.8, 4) is 0 Å². The normalized spacial score (nSPS) is 20.1. The third kappa shape index (κ3) is 22.6. The molecule has 3 unspecified atom stereocenters. The number of carboxylic acids is 1. The maximum absolute atomic E-state index is 12.0. The van der Waals surface area contributed by atoms with Gasteiger partial charge in [0, 0.05) is 108 Å². The van der Waals surface area contributed by atoms with Gasteiger partial charge in [-0.1, -0.05) is 99.6 Å². The average Bonchev–Trinajstić information content (AvgIpc) is 4.17. The van der Waals surface area contributed by atoms with Gasteiger partial charge in [0.1, 0.15) is 23.7 Å². The van der Waals surface area contributed by atoms with Crippen molar-refractivity contribution in [3.05, 3.63) is 35.9 Å². The summed E-state index contributed by atoms with van der Waals surface area (Å²) in [4.78, 5) is 106. The molecule has 0 aliphatic carbocycles. The third-order valence-corrected chi connectivity index (χ3v) is 13.3. The van der Waals surface area contributed by atoms with Crippen LogP contribution in [0.5, 0.6) is 0 Å². The van der Waals surface area contributed by atoms with Crippen molar-refractivity contribution in [1.29, 1.82) is 0 Å². The summed E-state index contributed by atoms with van der Waals surface area (Å²) < 4.78 is 10.3. The van der Waals surface area contributed by atoms with Crippen molar-refractivity contribution < 1.29 is 52.9 Å². The zero-order valence-corrected chi connectivity index (χ0v) is 48.6. The summed E-state index contributed by atoms with van der Waals surface area (Å²) in [6.07, 6.45) is 4.61. The van der Waals surface area contributed by atoms with Gasteiger partial charge in [-0.25, -0.2) is 14.4 Å². The Bertz CT molecular complexity index is 1960. The van der Waals surface area contributed by atoms with E-state index < -0.39 is 17.6 Å². The minimum atomic E-state index is -0.883. The van der Waals surface area contributed by atoms with E-state index >= 15 is 0 Å². The summed E-state index contributed by atoms with van der Waals surface area (Å²) in [7, 11) is 2.09. The maximum Gasteiger partial charge on any atom is 0.329 e. The Balaban J connectivity index is 0.000000323. The zero-order chi connectivity index (χ0) is 56.7. The topological polar surface area (TPSA) is 198 Å². The molecule has 18 nitrogen and oxygen atoms in total. The number of hydrogen-bond acceptors (Lipinski definition) is 12. The summed E-state index contributed by atoms with van der Waals surface area (Å²) in [5.41, 5.74) is 0.854. The molecule has 75 heavy (non-hydrogen) atoms. The molecule has 18 heteroatoms. The molecule has 0 aromatic heterocycles. The van der Waals surface area contributed by atoms with E-state index in [9.17, 15) is 38.4 Å². The van der Waals surface area contributed by atoms with E-state index in [4.69, 9.17) is 14.6 Å². The number of carbonyl (C=O) groups is 8. The van der Waals surface area contributed by atoms with Gasteiger partial charge in [0.25, 0.3) is 0 Å². The Hall–Kier alpha value is -5.10. The first-order chi connectivity index (χ1) is 35.1. The molecule has 5 amide bonds. The molecule has 5 aliphatic rings. The van der Waals surface area contributed by atoms with Crippen molar-refractivity contribution in [1.82, 2.24) is 34.3 Å². The lowest BCUT2D eigenvalue weighted by Crippen LogP contribution is -2.49. The number of rotatable bonds is 11. The van der Waals surface area contributed by atoms with Crippen LogP contribution in [-0.4, -0.2) is 196 Å². The summed E-state index contributed by atoms with van der Waals surface area (Å²) >= 11 is 0. The van der Waals surface area contributed by atoms with Crippen LogP contribution in [0.1, 0.15) is 141 Å². The van der Waals surface area contributed by atoms with Gasteiger partial charge in [-0.15, -0.1) is 0 Å². The second-order valence-corrected chi connectivity index (χ2v) is 22.7. The summed E-state index contributed by atoms with van der Waals surface area (Å²) in [5.74, 6) is -0.775. The minimum Gasteiger partial charge on any atom is -0.480 e. The fourth-order valence-electron chi connectivity index (χ4n) is 9.17. The fourth-order valence-corrected chi connectivity index (χ4v) is 9.17. The predicted octanol–water partition coefficient (Wildman–Crippen LogP) is 6.29. The molecule has 6 rings (SSSR count). The van der Waals surface area contributed by atoms with E-state index in [1.807, 2.05) is 92.0 Å². The molecule has 0 spiro atoms. The van der Waals surface area contributed by atoms with E-state index in [2.05, 4.69) is 41.1 Å². The van der Waals surface area contributed by atoms with E-state index in [1.165, 1.54) is 10.5 Å². The molecule has 1 N–H and O–H groups in total. The highest BCUT2D eigenvalue weighted by molar-refractivity contribution is 5.87. The second kappa shape index (κ2) is 32.5. The first-order valence-electron chi connectivity index (χ1n) is 27.7. The second-order valence-electron chi connectivity index (χ2n) is 22.7. The molecule has 1 aromatic rings. The molecular weight excluding hydrogens is 959 g/mol. The highest BCUT2D eigenvalue weighted by Gasteiger charge is 2.39. The van der Waals surface area contributed by atoms with Crippen LogP contribution in [0, 0.1) is 29.6 Å². The van der Waals surface area contributed by atoms with Crippen LogP contribution in [-0.2, 0) is 54.4 Å². The van der Waals surface area contributed by atoms with Crippen LogP contribution in [0.3, 0.4) is 0 Å². The molecule has 0 radical (unpaired) electrons. The molecule has 426 valence electrons. The minimum absolute atomic E-state index is 0.0401. The number of nitrogens with zero attached hydrogens (tertiary/aromatic N) is 7. The number of ether oxygens (including phenoxy) is 2. The lowest BCUT2D eigenvalue weighted by Gasteiger charge is -2.35. The van der Waals surface area contributed by atoms with Crippen LogP contribution in [0.2, 0.25) is 0 Å². The number of carboxylic acid groups (broad SMARTS) is 1. The number of aliphatic carboxylic acids is 1. The SMILES string of the molecule is CC(C)C(=O)N1CCCC1C(=O)O.CC(C)C(=O)N1CCCC1C(=O)OC(C)(C)C.CC(C)C(=O)N1CCN(C)CC1.CC(C)C(=O)N1CCN(Cc2ccccc2)CC1.CCOC(=O)C1CCCN1C(=O)C(C)C. The van der Waals surface area contributed by atoms with Crippen LogP contribution in [0.4, 0.5) is 0 Å². The van der Waals surface area contributed by atoms with Crippen LogP contribution in [0.15, 0.2) is 30.3 Å². The van der Waals surface area contributed by atoms with Gasteiger partial charge in [-0.2, -0.15) is 0 Å². The highest BCUT2D eigenvalue weighted by atomic mass is 16.6. The van der Waals surface area contributed by atoms with Gasteiger partial charge in [0.05, 0.1) is 6.61 Å². The Labute approximate surface area is 450 Å². The van der Waals surface area contributed by atoms with Crippen molar-refractivity contribution in [2.24, 2.45) is 29.6 Å². The van der Waals surface area contributed by atoms with Gasteiger partial charge in [0.2, 0.25) is 29.5 Å². The fraction of sp³-hybridized carbons (Fsp3) is 0.754. The smallest absolute Gasteiger partial charge is 0.329 e. The first kappa shape index (κ1) is 66.0. The average molecular weight is 1060 g/mol. The number of carbonyl (C=O) groups excluding carboxylic acids is 7. The number of likely N-dealkylation sites (N-methyl/N-ethyl adjacent to an activating group) is 1. The molecule has 5 saturated heterocycles. The van der Waals surface area contributed by atoms with Crippen molar-refractivity contribution in [2.45, 2.75) is 166 Å². The number of piperazine rings is 2. The highest BCUT2D eigenvalue weighted by Crippen LogP contribution is 2.24. The van der Waals surface area contributed by atoms with Crippen LogP contribution < -0.4 is 0 Å². The maximum atomic E-state index is 12.0. The standard InChI is InChI=1S/C15H22N2O.C13H23NO3.C11H19NO3.C9H18N2O.C9H15NO3/c1-13(2)15(18)17-10-8-16(9-11-17)12-14-6-4-3-5-7-14;1-9(2)11(15)14-8-6-7-10(14)12(16)17-13(3,4)5;1-4-15-11(14)9-6-5-7-12(9)10(13)8(2)3;1-8(2)9(12)11-6-4-10(3)5-7-11;1-6(2)8(11)10-5-3-4-7(10)9(12)13/h3-7,13H,8-12H2,1-2H3;9-10H,6-8H2,1-5H3;8-9H,4-7H2,1-3H3;8H,4-7H2,1-3H3;6-7H,3-5H2,1-2H3,(H,12,13). The van der Waals surface area contributed by atoms with E-state index in [1.54, 1.807) is 30.6 Å². The van der Waals surface area contributed by atoms with Gasteiger partial charge in [-0.3, -0.25) is 28.9 Å². The Morgan fingerprint density at radius 2 is 0.880 bits per heavy atom. The summed E-state index contributed by atoms with van der Waals surface area (Å²) in [6, 6.07) is 9.20. The summed E-state index contributed by atoms with van der Waals surface area (Å²) in [5, 5.41) is 8.82. The molecule has 5 aliphatic heterocycles. The van der Waals surface area contributed by atoms with Crippen molar-refractivity contribution >= 4 is 47.4 Å². The van der Waals surface area contributed by atoms with E-state index in [0.29, 0.717) is 45.0 Å². The lowest BCUT2D eigenvalue weighted by molar-refractivity contribution is -0.163. The number of benzene rings is 1. The molecule has 5 fully saturated rings. The molecule has 1 aromatic carbocycles. The molecule has 0 saturated carbocycles. The molecular formula is C57H97N7O11. The Kier molecular flexibility index (Phi) is 28.6. The molecule has 5 heterocycles. The molecule has 3 atom stereocenters. The van der Waals surface area contributed by atoms with Crippen LogP contribution >= 0.6 is 0 Å². The van der Waals surface area contributed by atoms with E-state index in [0.717, 1.165) is 84.6 Å².